The van der Waals surface area contributed by atoms with Crippen molar-refractivity contribution in [3.8, 4) is 0 Å². The number of phosphoric acid groups is 2. The normalized spacial score (nSPS) is 14.7. The smallest absolute Gasteiger partial charge is 0.462 e. The number of rotatable bonds is 63. The van der Waals surface area contributed by atoms with E-state index in [9.17, 15) is 43.2 Å². The second kappa shape index (κ2) is 56.1. The fraction of sp³-hybridized carbons (Fsp3) is 0.939. The van der Waals surface area contributed by atoms with Crippen LogP contribution in [0.2, 0.25) is 0 Å². The lowest BCUT2D eigenvalue weighted by Gasteiger charge is -2.21. The summed E-state index contributed by atoms with van der Waals surface area (Å²) in [6.07, 6.45) is 36.4. The van der Waals surface area contributed by atoms with E-state index in [-0.39, 0.29) is 25.7 Å². The molecular weight excluding hydrogens is 1130 g/mol. The first-order valence-electron chi connectivity index (χ1n) is 34.2. The van der Waals surface area contributed by atoms with Gasteiger partial charge in [0.05, 0.1) is 26.4 Å². The van der Waals surface area contributed by atoms with Gasteiger partial charge in [-0.3, -0.25) is 37.3 Å². The van der Waals surface area contributed by atoms with Gasteiger partial charge in [-0.25, -0.2) is 9.13 Å². The first kappa shape index (κ1) is 83.1. The highest BCUT2D eigenvalue weighted by molar-refractivity contribution is 7.47. The molecule has 6 atom stereocenters. The quantitative estimate of drug-likeness (QED) is 0.0222. The maximum absolute atomic E-state index is 13.0. The summed E-state index contributed by atoms with van der Waals surface area (Å²) in [6.45, 7) is 14.0. The Labute approximate surface area is 517 Å². The van der Waals surface area contributed by atoms with Crippen molar-refractivity contribution in [3.63, 3.8) is 0 Å². The Morgan fingerprint density at radius 1 is 0.329 bits per heavy atom. The third kappa shape index (κ3) is 59.5. The van der Waals surface area contributed by atoms with E-state index < -0.39 is 97.5 Å². The van der Waals surface area contributed by atoms with Crippen molar-refractivity contribution in [2.45, 2.75) is 337 Å². The SMILES string of the molecule is CCC(C)CCCCCCCCCCC(=O)OC[C@H](COP(=O)(O)OC[C@@H](O)COP(=O)(O)OC[C@@H](COC(=O)CCCCCCCCC(C)C)OC(=O)CCCCCCCCCC(C)C)OC(=O)CCCCCCCCCCCCCC(C)C. The molecule has 3 unspecified atom stereocenters. The second-order valence-electron chi connectivity index (χ2n) is 25.5. The van der Waals surface area contributed by atoms with Gasteiger partial charge >= 0.3 is 39.5 Å². The maximum atomic E-state index is 13.0. The molecule has 504 valence electrons. The van der Waals surface area contributed by atoms with E-state index >= 15 is 0 Å². The van der Waals surface area contributed by atoms with Crippen LogP contribution < -0.4 is 0 Å². The highest BCUT2D eigenvalue weighted by atomic mass is 31.2. The van der Waals surface area contributed by atoms with Crippen LogP contribution in [0.15, 0.2) is 0 Å². The fourth-order valence-corrected chi connectivity index (χ4v) is 11.3. The number of hydrogen-bond donors (Lipinski definition) is 3. The minimum atomic E-state index is -4.95. The molecule has 0 saturated carbocycles. The summed E-state index contributed by atoms with van der Waals surface area (Å²) in [5.74, 6) is 0.779. The van der Waals surface area contributed by atoms with Gasteiger partial charge in [0.15, 0.2) is 12.2 Å². The average Bonchev–Trinajstić information content (AvgIpc) is 3.50. The third-order valence-corrected chi connectivity index (χ3v) is 17.3. The molecule has 0 amide bonds. The minimum Gasteiger partial charge on any atom is -0.462 e. The molecule has 0 radical (unpaired) electrons. The average molecular weight is 1260 g/mol. The lowest BCUT2D eigenvalue weighted by Crippen LogP contribution is -2.30. The van der Waals surface area contributed by atoms with Crippen LogP contribution in [-0.2, 0) is 65.4 Å². The Bertz CT molecular complexity index is 1700. The largest absolute Gasteiger partial charge is 0.472 e. The number of esters is 4. The molecule has 85 heavy (non-hydrogen) atoms. The zero-order chi connectivity index (χ0) is 63.2. The van der Waals surface area contributed by atoms with Gasteiger partial charge in [0.1, 0.15) is 19.3 Å². The van der Waals surface area contributed by atoms with E-state index in [0.717, 1.165) is 108 Å². The van der Waals surface area contributed by atoms with E-state index in [1.165, 1.54) is 116 Å². The molecule has 0 fully saturated rings. The van der Waals surface area contributed by atoms with Crippen LogP contribution in [0.3, 0.4) is 0 Å². The molecule has 0 bridgehead atoms. The molecule has 0 saturated heterocycles. The van der Waals surface area contributed by atoms with Gasteiger partial charge in [-0.05, 0) is 49.4 Å². The van der Waals surface area contributed by atoms with Gasteiger partial charge in [-0.2, -0.15) is 0 Å². The van der Waals surface area contributed by atoms with Gasteiger partial charge in [0, 0.05) is 25.7 Å². The minimum absolute atomic E-state index is 0.102. The molecule has 0 rings (SSSR count). The van der Waals surface area contributed by atoms with Gasteiger partial charge in [0.25, 0.3) is 0 Å². The number of unbranched alkanes of at least 4 members (excludes halogenated alkanes) is 28. The number of carbonyl (C=O) groups is 4. The highest BCUT2D eigenvalue weighted by Crippen LogP contribution is 2.45. The number of ether oxygens (including phenoxy) is 4. The lowest BCUT2D eigenvalue weighted by atomic mass is 9.99. The van der Waals surface area contributed by atoms with Gasteiger partial charge < -0.3 is 33.8 Å². The van der Waals surface area contributed by atoms with Gasteiger partial charge in [-0.15, -0.1) is 0 Å². The van der Waals surface area contributed by atoms with Crippen molar-refractivity contribution in [2.75, 3.05) is 39.6 Å². The molecule has 0 heterocycles. The summed E-state index contributed by atoms with van der Waals surface area (Å²) in [6, 6.07) is 0. The van der Waals surface area contributed by atoms with E-state index in [2.05, 4.69) is 55.4 Å². The molecule has 0 aliphatic rings. The van der Waals surface area contributed by atoms with E-state index in [0.29, 0.717) is 37.5 Å². The van der Waals surface area contributed by atoms with Crippen LogP contribution in [0, 0.1) is 23.7 Å². The zero-order valence-electron chi connectivity index (χ0n) is 55.2. The molecule has 0 aliphatic heterocycles. The molecule has 17 nitrogen and oxygen atoms in total. The standard InChI is InChI=1S/C66H128O17P2/c1-9-59(8)45-37-29-20-15-16-21-30-38-46-63(68)76-52-61(82-65(70)48-40-32-22-14-12-10-11-13-18-26-34-42-56(2)3)54-80-84(72,73)78-50-60(67)51-79-85(74,75)81-55-62(53-77-64(69)47-39-31-25-24-28-36-44-58(6)7)83-66(71)49-41-33-23-17-19-27-35-43-57(4)5/h56-62,67H,9-55H2,1-8H3,(H,72,73)(H,74,75)/t59?,60-,61-,62-/m1/s1. The lowest BCUT2D eigenvalue weighted by molar-refractivity contribution is -0.161. The van der Waals surface area contributed by atoms with Crippen LogP contribution in [0.5, 0.6) is 0 Å². The van der Waals surface area contributed by atoms with Crippen LogP contribution in [0.25, 0.3) is 0 Å². The number of phosphoric ester groups is 2. The first-order chi connectivity index (χ1) is 40.6. The highest BCUT2D eigenvalue weighted by Gasteiger charge is 2.30. The van der Waals surface area contributed by atoms with Crippen LogP contribution in [0.4, 0.5) is 0 Å². The zero-order valence-corrected chi connectivity index (χ0v) is 57.0. The van der Waals surface area contributed by atoms with Crippen molar-refractivity contribution >= 4 is 39.5 Å². The molecule has 3 N–H and O–H groups in total. The second-order valence-corrected chi connectivity index (χ2v) is 28.4. The summed E-state index contributed by atoms with van der Waals surface area (Å²) >= 11 is 0. The molecule has 0 aromatic heterocycles. The van der Waals surface area contributed by atoms with Gasteiger partial charge in [0.2, 0.25) is 0 Å². The summed E-state index contributed by atoms with van der Waals surface area (Å²) in [4.78, 5) is 72.3. The number of aliphatic hydroxyl groups excluding tert-OH is 1. The molecular formula is C66H128O17P2. The monoisotopic (exact) mass is 1250 g/mol. The van der Waals surface area contributed by atoms with Crippen LogP contribution >= 0.6 is 15.6 Å². The molecule has 0 spiro atoms. The van der Waals surface area contributed by atoms with Crippen molar-refractivity contribution in [1.29, 1.82) is 0 Å². The van der Waals surface area contributed by atoms with Crippen molar-refractivity contribution in [2.24, 2.45) is 23.7 Å². The Hall–Kier alpha value is -1.94. The molecule has 0 aromatic rings. The van der Waals surface area contributed by atoms with E-state index in [1.54, 1.807) is 0 Å². The van der Waals surface area contributed by atoms with E-state index in [1.807, 2.05) is 0 Å². The van der Waals surface area contributed by atoms with Gasteiger partial charge in [-0.1, -0.05) is 267 Å². The van der Waals surface area contributed by atoms with E-state index in [4.69, 9.17) is 37.0 Å². The number of aliphatic hydroxyl groups is 1. The van der Waals surface area contributed by atoms with Crippen LogP contribution in [-0.4, -0.2) is 96.7 Å². The Balaban J connectivity index is 5.25. The summed E-state index contributed by atoms with van der Waals surface area (Å²) in [7, 11) is -9.89. The molecule has 0 aliphatic carbocycles. The summed E-state index contributed by atoms with van der Waals surface area (Å²) in [5, 5.41) is 10.5. The molecule has 19 heteroatoms. The fourth-order valence-electron chi connectivity index (χ4n) is 9.75. The van der Waals surface area contributed by atoms with Crippen LogP contribution in [0.1, 0.15) is 319 Å². The number of hydrogen-bond acceptors (Lipinski definition) is 15. The predicted octanol–water partition coefficient (Wildman–Crippen LogP) is 18.1. The topological polar surface area (TPSA) is 237 Å². The summed E-state index contributed by atoms with van der Waals surface area (Å²) < 4.78 is 68.1. The maximum Gasteiger partial charge on any atom is 0.472 e. The summed E-state index contributed by atoms with van der Waals surface area (Å²) in [5.41, 5.74) is 0. The Kier molecular flexibility index (Phi) is 54.8. The van der Waals surface area contributed by atoms with Crippen molar-refractivity contribution < 1.29 is 80.2 Å². The van der Waals surface area contributed by atoms with Crippen molar-refractivity contribution in [3.05, 3.63) is 0 Å². The molecule has 0 aromatic carbocycles. The Morgan fingerprint density at radius 2 is 0.565 bits per heavy atom. The predicted molar refractivity (Wildman–Crippen MR) is 340 cm³/mol. The first-order valence-corrected chi connectivity index (χ1v) is 37.2. The number of carbonyl (C=O) groups excluding carboxylic acids is 4. The van der Waals surface area contributed by atoms with Crippen molar-refractivity contribution in [1.82, 2.24) is 0 Å². The third-order valence-electron chi connectivity index (χ3n) is 15.4. The Morgan fingerprint density at radius 3 is 0.835 bits per heavy atom.